The normalized spacial score (nSPS) is 9.88. The molecule has 0 aliphatic rings. The van der Waals surface area contributed by atoms with Crippen LogP contribution in [0.25, 0.3) is 0 Å². The number of amides is 2. The molecule has 3 N–H and O–H groups in total. The molecule has 17 heavy (non-hydrogen) atoms. The maximum atomic E-state index is 11.7. The van der Waals surface area contributed by atoms with Crippen LogP contribution in [0.3, 0.4) is 0 Å². The van der Waals surface area contributed by atoms with Crippen LogP contribution in [0.5, 0.6) is 0 Å². The highest BCUT2D eigenvalue weighted by atomic mass is 16.4. The molecule has 2 amide bonds. The molecule has 1 aromatic heterocycles. The van der Waals surface area contributed by atoms with E-state index in [1.165, 1.54) is 24.6 Å². The zero-order chi connectivity index (χ0) is 12.3. The summed E-state index contributed by atoms with van der Waals surface area (Å²) in [5, 5.41) is 2.44. The highest BCUT2D eigenvalue weighted by molar-refractivity contribution is 6.05. The molecule has 0 spiro atoms. The predicted octanol–water partition coefficient (Wildman–Crippen LogP) is 1.03. The van der Waals surface area contributed by atoms with Gasteiger partial charge < -0.3 is 10.2 Å². The number of carbonyl (C=O) groups is 2. The van der Waals surface area contributed by atoms with E-state index in [2.05, 4.69) is 10.3 Å². The van der Waals surface area contributed by atoms with Gasteiger partial charge in [-0.1, -0.05) is 6.07 Å². The predicted molar refractivity (Wildman–Crippen MR) is 59.4 cm³/mol. The maximum Gasteiger partial charge on any atom is 0.301 e. The molecule has 0 aliphatic heterocycles. The number of aromatic nitrogens is 1. The lowest BCUT2D eigenvalue weighted by atomic mass is 10.1. The third kappa shape index (κ3) is 2.49. The van der Waals surface area contributed by atoms with Crippen LogP contribution in [0, 0.1) is 0 Å². The average Bonchev–Trinajstić information content (AvgIpc) is 2.82. The van der Waals surface area contributed by atoms with E-state index in [0.29, 0.717) is 5.56 Å². The second-order valence-corrected chi connectivity index (χ2v) is 3.24. The standard InChI is InChI=1S/C11H9N3O3/c12-9(15)7-2-1-3-8(6-7)10(16)14-11-13-4-5-17-11/h1-6H,(H2,12,15)(H,13,14,16). The summed E-state index contributed by atoms with van der Waals surface area (Å²) in [5.41, 5.74) is 5.69. The molecule has 0 radical (unpaired) electrons. The van der Waals surface area contributed by atoms with Crippen LogP contribution >= 0.6 is 0 Å². The number of anilines is 1. The molecule has 0 atom stereocenters. The largest absolute Gasteiger partial charge is 0.432 e. The monoisotopic (exact) mass is 231 g/mol. The van der Waals surface area contributed by atoms with Gasteiger partial charge in [-0.25, -0.2) is 4.98 Å². The van der Waals surface area contributed by atoms with Gasteiger partial charge in [0.25, 0.3) is 5.91 Å². The number of hydrogen-bond donors (Lipinski definition) is 2. The Morgan fingerprint density at radius 2 is 2.06 bits per heavy atom. The Morgan fingerprint density at radius 1 is 1.29 bits per heavy atom. The summed E-state index contributed by atoms with van der Waals surface area (Å²) in [7, 11) is 0. The third-order valence-electron chi connectivity index (χ3n) is 2.06. The Balaban J connectivity index is 2.19. The zero-order valence-corrected chi connectivity index (χ0v) is 8.71. The molecule has 86 valence electrons. The molecular formula is C11H9N3O3. The molecule has 0 fully saturated rings. The van der Waals surface area contributed by atoms with Crippen LogP contribution in [-0.2, 0) is 0 Å². The number of nitrogens with two attached hydrogens (primary N) is 1. The highest BCUT2D eigenvalue weighted by Gasteiger charge is 2.10. The van der Waals surface area contributed by atoms with Gasteiger partial charge in [0.1, 0.15) is 6.26 Å². The molecule has 0 saturated carbocycles. The van der Waals surface area contributed by atoms with Gasteiger partial charge in [-0.05, 0) is 18.2 Å². The number of benzene rings is 1. The van der Waals surface area contributed by atoms with Crippen molar-refractivity contribution >= 4 is 17.8 Å². The first kappa shape index (κ1) is 10.9. The van der Waals surface area contributed by atoms with E-state index < -0.39 is 11.8 Å². The molecule has 1 aromatic carbocycles. The van der Waals surface area contributed by atoms with E-state index >= 15 is 0 Å². The quantitative estimate of drug-likeness (QED) is 0.823. The fourth-order valence-electron chi connectivity index (χ4n) is 1.27. The van der Waals surface area contributed by atoms with Gasteiger partial charge >= 0.3 is 6.01 Å². The van der Waals surface area contributed by atoms with E-state index in [9.17, 15) is 9.59 Å². The van der Waals surface area contributed by atoms with Crippen molar-refractivity contribution in [3.8, 4) is 0 Å². The number of oxazole rings is 1. The molecule has 2 rings (SSSR count). The second kappa shape index (κ2) is 4.48. The SMILES string of the molecule is NC(=O)c1cccc(C(=O)Nc2ncco2)c1. The number of hydrogen-bond acceptors (Lipinski definition) is 4. The lowest BCUT2D eigenvalue weighted by Gasteiger charge is -2.02. The van der Waals surface area contributed by atoms with Crippen LogP contribution in [0.2, 0.25) is 0 Å². The fraction of sp³-hybridized carbons (Fsp3) is 0. The molecule has 6 heteroatoms. The summed E-state index contributed by atoms with van der Waals surface area (Å²) < 4.78 is 4.87. The van der Waals surface area contributed by atoms with Crippen molar-refractivity contribution in [2.24, 2.45) is 5.73 Å². The van der Waals surface area contributed by atoms with Gasteiger partial charge in [-0.2, -0.15) is 0 Å². The van der Waals surface area contributed by atoms with E-state index in [-0.39, 0.29) is 11.6 Å². The van der Waals surface area contributed by atoms with E-state index in [4.69, 9.17) is 10.2 Å². The first-order chi connectivity index (χ1) is 8.16. The van der Waals surface area contributed by atoms with Crippen molar-refractivity contribution in [2.45, 2.75) is 0 Å². The van der Waals surface area contributed by atoms with Crippen LogP contribution in [-0.4, -0.2) is 16.8 Å². The van der Waals surface area contributed by atoms with Gasteiger partial charge in [-0.3, -0.25) is 14.9 Å². The Labute approximate surface area is 96.4 Å². The van der Waals surface area contributed by atoms with Gasteiger partial charge in [0.05, 0.1) is 6.20 Å². The molecule has 2 aromatic rings. The molecule has 0 bridgehead atoms. The van der Waals surface area contributed by atoms with Gasteiger partial charge in [0.2, 0.25) is 5.91 Å². The highest BCUT2D eigenvalue weighted by Crippen LogP contribution is 2.08. The molecule has 0 saturated heterocycles. The average molecular weight is 231 g/mol. The second-order valence-electron chi connectivity index (χ2n) is 3.24. The minimum atomic E-state index is -0.587. The van der Waals surface area contributed by atoms with Crippen LogP contribution < -0.4 is 11.1 Å². The van der Waals surface area contributed by atoms with Crippen molar-refractivity contribution in [1.29, 1.82) is 0 Å². The summed E-state index contributed by atoms with van der Waals surface area (Å²) in [5.74, 6) is -1.01. The van der Waals surface area contributed by atoms with Crippen molar-refractivity contribution in [2.75, 3.05) is 5.32 Å². The molecule has 1 heterocycles. The minimum absolute atomic E-state index is 0.0967. The fourth-order valence-corrected chi connectivity index (χ4v) is 1.27. The topological polar surface area (TPSA) is 98.2 Å². The molecular weight excluding hydrogens is 222 g/mol. The molecule has 6 nitrogen and oxygen atoms in total. The van der Waals surface area contributed by atoms with Crippen LogP contribution in [0.1, 0.15) is 20.7 Å². The Morgan fingerprint density at radius 3 is 2.71 bits per heavy atom. The van der Waals surface area contributed by atoms with Crippen molar-refractivity contribution in [1.82, 2.24) is 4.98 Å². The van der Waals surface area contributed by atoms with Crippen LogP contribution in [0.4, 0.5) is 6.01 Å². The molecule has 0 unspecified atom stereocenters. The summed E-state index contributed by atoms with van der Waals surface area (Å²) >= 11 is 0. The first-order valence-electron chi connectivity index (χ1n) is 4.77. The lowest BCUT2D eigenvalue weighted by Crippen LogP contribution is -2.15. The Bertz CT molecular complexity index is 549. The summed E-state index contributed by atoms with van der Waals surface area (Å²) in [6.45, 7) is 0. The van der Waals surface area contributed by atoms with Crippen LogP contribution in [0.15, 0.2) is 41.1 Å². The van der Waals surface area contributed by atoms with Gasteiger partial charge in [0, 0.05) is 11.1 Å². The summed E-state index contributed by atoms with van der Waals surface area (Å²) in [6.07, 6.45) is 2.75. The number of carbonyl (C=O) groups excluding carboxylic acids is 2. The summed E-state index contributed by atoms with van der Waals surface area (Å²) in [6, 6.07) is 6.17. The summed E-state index contributed by atoms with van der Waals surface area (Å²) in [4.78, 5) is 26.4. The van der Waals surface area contributed by atoms with E-state index in [0.717, 1.165) is 0 Å². The number of rotatable bonds is 3. The van der Waals surface area contributed by atoms with Crippen molar-refractivity contribution in [3.63, 3.8) is 0 Å². The molecule has 0 aliphatic carbocycles. The minimum Gasteiger partial charge on any atom is -0.432 e. The zero-order valence-electron chi connectivity index (χ0n) is 8.71. The number of nitrogens with zero attached hydrogens (tertiary/aromatic N) is 1. The maximum absolute atomic E-state index is 11.7. The Hall–Kier alpha value is -2.63. The Kier molecular flexibility index (Phi) is 2.87. The first-order valence-corrected chi connectivity index (χ1v) is 4.77. The lowest BCUT2D eigenvalue weighted by molar-refractivity contribution is 0.1000. The van der Waals surface area contributed by atoms with Gasteiger partial charge in [0.15, 0.2) is 0 Å². The van der Waals surface area contributed by atoms with E-state index in [1.54, 1.807) is 12.1 Å². The van der Waals surface area contributed by atoms with E-state index in [1.807, 2.05) is 0 Å². The number of nitrogens with one attached hydrogen (secondary N) is 1. The smallest absolute Gasteiger partial charge is 0.301 e. The van der Waals surface area contributed by atoms with Crippen molar-refractivity contribution < 1.29 is 14.0 Å². The van der Waals surface area contributed by atoms with Gasteiger partial charge in [-0.15, -0.1) is 0 Å². The number of primary amides is 1. The third-order valence-corrected chi connectivity index (χ3v) is 2.06. The van der Waals surface area contributed by atoms with Crippen molar-refractivity contribution in [3.05, 3.63) is 47.9 Å².